The van der Waals surface area contributed by atoms with Gasteiger partial charge in [0.25, 0.3) is 11.8 Å². The fraction of sp³-hybridized carbons (Fsp3) is 0.286. The van der Waals surface area contributed by atoms with E-state index in [9.17, 15) is 28.7 Å². The van der Waals surface area contributed by atoms with E-state index in [0.29, 0.717) is 26.6 Å². The molecular weight excluding hydrogens is 645 g/mol. The first kappa shape index (κ1) is 31.4. The number of imide groups is 4. The molecule has 48 heavy (non-hydrogen) atoms. The van der Waals surface area contributed by atoms with Gasteiger partial charge in [0.05, 0.1) is 43.1 Å². The Balaban J connectivity index is 1.48. The zero-order chi connectivity index (χ0) is 34.1. The predicted octanol–water partition coefficient (Wildman–Crippen LogP) is 4.94. The van der Waals surface area contributed by atoms with Crippen LogP contribution in [0.4, 0.5) is 14.9 Å². The molecule has 7 rings (SSSR count). The molecular formula is C35H29ClFN3O8. The van der Waals surface area contributed by atoms with E-state index >= 15 is 4.79 Å². The van der Waals surface area contributed by atoms with E-state index in [1.807, 2.05) is 6.08 Å². The zero-order valence-electron chi connectivity index (χ0n) is 25.7. The van der Waals surface area contributed by atoms with Crippen LogP contribution in [-0.4, -0.2) is 59.0 Å². The van der Waals surface area contributed by atoms with Crippen LogP contribution in [0.1, 0.15) is 29.9 Å². The number of hydrogen-bond acceptors (Lipinski definition) is 9. The summed E-state index contributed by atoms with van der Waals surface area (Å²) in [6.45, 7) is 0. The third kappa shape index (κ3) is 4.42. The first-order valence-corrected chi connectivity index (χ1v) is 15.6. The van der Waals surface area contributed by atoms with Gasteiger partial charge in [-0.1, -0.05) is 41.4 Å². The number of carbonyl (C=O) groups is 5. The minimum Gasteiger partial charge on any atom is -0.508 e. The third-order valence-electron chi connectivity index (χ3n) is 10.1. The minimum atomic E-state index is -1.64. The van der Waals surface area contributed by atoms with Crippen molar-refractivity contribution in [3.05, 3.63) is 100 Å². The van der Waals surface area contributed by atoms with E-state index in [2.05, 4.69) is 5.43 Å². The molecule has 2 aliphatic heterocycles. The lowest BCUT2D eigenvalue weighted by Gasteiger charge is -2.50. The van der Waals surface area contributed by atoms with Crippen molar-refractivity contribution in [3.8, 4) is 11.5 Å². The van der Waals surface area contributed by atoms with Gasteiger partial charge in [0.1, 0.15) is 17.3 Å². The van der Waals surface area contributed by atoms with Crippen LogP contribution >= 0.6 is 11.6 Å². The smallest absolute Gasteiger partial charge is 0.423 e. The van der Waals surface area contributed by atoms with Gasteiger partial charge in [-0.3, -0.25) is 24.6 Å². The number of phenolic OH excluding ortho intramolecular Hbond substituents is 1. The van der Waals surface area contributed by atoms with Gasteiger partial charge >= 0.3 is 6.09 Å². The number of anilines is 1. The normalized spacial score (nSPS) is 27.7. The number of aromatic hydroxyl groups is 1. The highest BCUT2D eigenvalue weighted by Gasteiger charge is 2.71. The molecule has 0 spiro atoms. The van der Waals surface area contributed by atoms with E-state index in [1.54, 1.807) is 30.3 Å². The summed E-state index contributed by atoms with van der Waals surface area (Å²) in [5.41, 5.74) is 3.05. The number of allylic oxidation sites excluding steroid dienone is 2. The summed E-state index contributed by atoms with van der Waals surface area (Å²) in [7, 11) is 2.49. The number of nitrogens with zero attached hydrogens (tertiary/aromatic N) is 2. The Morgan fingerprint density at radius 3 is 2.33 bits per heavy atom. The summed E-state index contributed by atoms with van der Waals surface area (Å²) >= 11 is 6.30. The molecule has 6 atom stereocenters. The van der Waals surface area contributed by atoms with Gasteiger partial charge in [-0.05, 0) is 66.8 Å². The van der Waals surface area contributed by atoms with Crippen LogP contribution in [0.3, 0.4) is 0 Å². The Labute approximate surface area is 278 Å². The molecule has 2 aliphatic carbocycles. The van der Waals surface area contributed by atoms with Crippen LogP contribution in [0.2, 0.25) is 5.02 Å². The first-order chi connectivity index (χ1) is 23.0. The largest absolute Gasteiger partial charge is 0.508 e. The maximum Gasteiger partial charge on any atom is 0.423 e. The molecule has 0 radical (unpaired) electrons. The highest BCUT2D eigenvalue weighted by molar-refractivity contribution is 6.30. The molecule has 3 aromatic rings. The summed E-state index contributed by atoms with van der Waals surface area (Å²) in [5, 5.41) is 11.7. The van der Waals surface area contributed by atoms with Crippen molar-refractivity contribution in [2.45, 2.75) is 24.2 Å². The number of likely N-dealkylation sites (tertiary alicyclic amines) is 1. The standard InChI is InChI=1S/C35H29ClFN3O8/c1-47-27-15-21(41)11-12-23(27)29-22-13-14-24-28(32(44)39(30(24)42)34(46)48-2)25(22)16-26-31(43)40(38-20-9-7-19(37)8-10-20)33(45)35(26,29)17-3-5-18(36)6-4-17/h3-13,15,24-26,28-29,38,41H,14,16H2,1-2H3. The quantitative estimate of drug-likeness (QED) is 0.284. The van der Waals surface area contributed by atoms with Crippen molar-refractivity contribution in [1.29, 1.82) is 0 Å². The molecule has 3 aromatic carbocycles. The number of nitrogens with one attached hydrogen (secondary N) is 1. The average Bonchev–Trinajstić information content (AvgIpc) is 3.46. The highest BCUT2D eigenvalue weighted by Crippen LogP contribution is 2.65. The molecule has 3 fully saturated rings. The Kier molecular flexibility index (Phi) is 7.50. The summed E-state index contributed by atoms with van der Waals surface area (Å²) in [5.74, 6) is -7.70. The number of methoxy groups -OCH3 is 2. The van der Waals surface area contributed by atoms with Crippen molar-refractivity contribution >= 4 is 47.0 Å². The number of rotatable bonds is 5. The van der Waals surface area contributed by atoms with E-state index in [1.165, 1.54) is 43.5 Å². The van der Waals surface area contributed by atoms with Gasteiger partial charge in [0, 0.05) is 22.6 Å². The van der Waals surface area contributed by atoms with Crippen molar-refractivity contribution in [2.75, 3.05) is 19.6 Å². The Morgan fingerprint density at radius 2 is 1.67 bits per heavy atom. The maximum atomic E-state index is 15.1. The lowest BCUT2D eigenvalue weighted by atomic mass is 9.49. The first-order valence-electron chi connectivity index (χ1n) is 15.2. The molecule has 6 unspecified atom stereocenters. The second-order valence-electron chi connectivity index (χ2n) is 12.3. The minimum absolute atomic E-state index is 0.0211. The van der Waals surface area contributed by atoms with Gasteiger partial charge in [-0.15, -0.1) is 0 Å². The predicted molar refractivity (Wildman–Crippen MR) is 168 cm³/mol. The Morgan fingerprint density at radius 1 is 0.958 bits per heavy atom. The number of hydrazine groups is 1. The van der Waals surface area contributed by atoms with Gasteiger partial charge in [0.15, 0.2) is 0 Å². The number of amides is 5. The molecule has 11 nitrogen and oxygen atoms in total. The van der Waals surface area contributed by atoms with Gasteiger partial charge in [0.2, 0.25) is 11.8 Å². The van der Waals surface area contributed by atoms with E-state index in [-0.39, 0.29) is 30.0 Å². The Bertz CT molecular complexity index is 1920. The molecule has 246 valence electrons. The lowest BCUT2D eigenvalue weighted by Crippen LogP contribution is -2.53. The van der Waals surface area contributed by atoms with E-state index in [0.717, 1.165) is 12.1 Å². The fourth-order valence-corrected chi connectivity index (χ4v) is 8.34. The second-order valence-corrected chi connectivity index (χ2v) is 12.7. The number of fused-ring (bicyclic) bond motifs is 4. The fourth-order valence-electron chi connectivity index (χ4n) is 8.21. The molecule has 0 bridgehead atoms. The summed E-state index contributed by atoms with van der Waals surface area (Å²) in [6.07, 6.45) is 0.793. The SMILES string of the molecule is COC(=O)N1C(=O)C2CC=C3C(CC4C(=O)N(Nc5ccc(F)cc5)C(=O)C4(c4ccc(Cl)cc4)C3c3ccc(O)cc3OC)C2C1=O. The number of hydrogen-bond donors (Lipinski definition) is 2. The molecule has 0 aromatic heterocycles. The summed E-state index contributed by atoms with van der Waals surface area (Å²) in [4.78, 5) is 70.1. The van der Waals surface area contributed by atoms with Crippen molar-refractivity contribution in [3.63, 3.8) is 0 Å². The molecule has 5 amide bonds. The molecule has 2 heterocycles. The number of halogens is 2. The topological polar surface area (TPSA) is 143 Å². The highest BCUT2D eigenvalue weighted by atomic mass is 35.5. The third-order valence-corrected chi connectivity index (χ3v) is 10.4. The summed E-state index contributed by atoms with van der Waals surface area (Å²) in [6, 6.07) is 16.2. The lowest BCUT2D eigenvalue weighted by molar-refractivity contribution is -0.140. The molecule has 2 saturated heterocycles. The second kappa shape index (κ2) is 11.5. The molecule has 1 saturated carbocycles. The van der Waals surface area contributed by atoms with Crippen molar-refractivity contribution in [2.24, 2.45) is 23.7 Å². The number of ether oxygens (including phenoxy) is 2. The number of benzene rings is 3. The van der Waals surface area contributed by atoms with Gasteiger partial charge in [-0.2, -0.15) is 9.91 Å². The average molecular weight is 674 g/mol. The van der Waals surface area contributed by atoms with Crippen LogP contribution in [0.25, 0.3) is 0 Å². The van der Waals surface area contributed by atoms with Crippen LogP contribution < -0.4 is 10.2 Å². The van der Waals surface area contributed by atoms with Gasteiger partial charge < -0.3 is 14.6 Å². The maximum absolute atomic E-state index is 15.1. The van der Waals surface area contributed by atoms with Crippen LogP contribution in [0.15, 0.2) is 78.4 Å². The number of carbonyl (C=O) groups excluding carboxylic acids is 5. The number of phenols is 1. The molecule has 4 aliphatic rings. The molecule has 2 N–H and O–H groups in total. The van der Waals surface area contributed by atoms with Gasteiger partial charge in [-0.25, -0.2) is 9.18 Å². The molecule has 13 heteroatoms. The summed E-state index contributed by atoms with van der Waals surface area (Å²) < 4.78 is 24.3. The van der Waals surface area contributed by atoms with Crippen molar-refractivity contribution < 1.29 is 42.9 Å². The van der Waals surface area contributed by atoms with E-state index in [4.69, 9.17) is 21.1 Å². The van der Waals surface area contributed by atoms with Crippen LogP contribution in [0.5, 0.6) is 11.5 Å². The van der Waals surface area contributed by atoms with E-state index < -0.39 is 70.5 Å². The van der Waals surface area contributed by atoms with Crippen molar-refractivity contribution in [1.82, 2.24) is 9.91 Å². The zero-order valence-corrected chi connectivity index (χ0v) is 26.4. The van der Waals surface area contributed by atoms with Crippen LogP contribution in [0, 0.1) is 29.5 Å². The monoisotopic (exact) mass is 673 g/mol. The Hall–Kier alpha value is -5.23. The van der Waals surface area contributed by atoms with Crippen LogP contribution in [-0.2, 0) is 29.3 Å².